The summed E-state index contributed by atoms with van der Waals surface area (Å²) in [7, 11) is -3.57. The van der Waals surface area contributed by atoms with Gasteiger partial charge in [0.1, 0.15) is 4.90 Å². The molecular formula is C14H19N3O2S. The molecule has 1 heterocycles. The van der Waals surface area contributed by atoms with Gasteiger partial charge in [-0.2, -0.15) is 5.10 Å². The van der Waals surface area contributed by atoms with E-state index >= 15 is 0 Å². The van der Waals surface area contributed by atoms with Gasteiger partial charge in [0.2, 0.25) is 0 Å². The average Bonchev–Trinajstić information content (AvgIpc) is 2.88. The van der Waals surface area contributed by atoms with Gasteiger partial charge in [0.05, 0.1) is 6.20 Å². The fourth-order valence-electron chi connectivity index (χ4n) is 1.81. The van der Waals surface area contributed by atoms with E-state index in [9.17, 15) is 8.42 Å². The second kappa shape index (κ2) is 5.66. The number of anilines is 1. The van der Waals surface area contributed by atoms with Gasteiger partial charge in [0, 0.05) is 18.4 Å². The molecule has 0 radical (unpaired) electrons. The van der Waals surface area contributed by atoms with Crippen molar-refractivity contribution in [3.63, 3.8) is 0 Å². The van der Waals surface area contributed by atoms with Crippen molar-refractivity contribution in [1.29, 1.82) is 0 Å². The molecule has 0 atom stereocenters. The number of sulfonamides is 1. The summed E-state index contributed by atoms with van der Waals surface area (Å²) in [5, 5.41) is 3.98. The standard InChI is InChI=1S/C14H19N3O2S/c1-4-17-10-14(9-15-17)20(18,19)16-13-7-5-12(6-8-13)11(2)3/h5-11,16H,4H2,1-3H3. The Morgan fingerprint density at radius 2 is 1.90 bits per heavy atom. The fourth-order valence-corrected chi connectivity index (χ4v) is 2.82. The highest BCUT2D eigenvalue weighted by Gasteiger charge is 2.16. The summed E-state index contributed by atoms with van der Waals surface area (Å²) in [6.07, 6.45) is 2.87. The molecule has 0 saturated heterocycles. The summed E-state index contributed by atoms with van der Waals surface area (Å²) in [5.41, 5.74) is 1.73. The van der Waals surface area contributed by atoms with Crippen LogP contribution in [-0.2, 0) is 16.6 Å². The van der Waals surface area contributed by atoms with E-state index in [2.05, 4.69) is 23.7 Å². The third kappa shape index (κ3) is 3.19. The predicted molar refractivity (Wildman–Crippen MR) is 79.2 cm³/mol. The van der Waals surface area contributed by atoms with E-state index in [1.165, 1.54) is 18.0 Å². The molecule has 6 heteroatoms. The summed E-state index contributed by atoms with van der Waals surface area (Å²) in [6.45, 7) is 6.73. The second-order valence-electron chi connectivity index (χ2n) is 4.91. The molecule has 1 aromatic carbocycles. The molecular weight excluding hydrogens is 274 g/mol. The van der Waals surface area contributed by atoms with Crippen LogP contribution < -0.4 is 4.72 Å². The number of rotatable bonds is 5. The Bertz CT molecular complexity index is 673. The fraction of sp³-hybridized carbons (Fsp3) is 0.357. The number of aromatic nitrogens is 2. The Morgan fingerprint density at radius 3 is 2.40 bits per heavy atom. The van der Waals surface area contributed by atoms with Crippen LogP contribution in [-0.4, -0.2) is 18.2 Å². The molecule has 0 unspecified atom stereocenters. The van der Waals surface area contributed by atoms with Crippen molar-refractivity contribution in [1.82, 2.24) is 9.78 Å². The van der Waals surface area contributed by atoms with Crippen molar-refractivity contribution in [2.75, 3.05) is 4.72 Å². The summed E-state index contributed by atoms with van der Waals surface area (Å²) in [4.78, 5) is 0.173. The zero-order chi connectivity index (χ0) is 14.8. The molecule has 0 aliphatic carbocycles. The maximum atomic E-state index is 12.2. The zero-order valence-electron chi connectivity index (χ0n) is 11.9. The second-order valence-corrected chi connectivity index (χ2v) is 6.60. The first-order valence-electron chi connectivity index (χ1n) is 6.57. The van der Waals surface area contributed by atoms with Gasteiger partial charge in [-0.15, -0.1) is 0 Å². The van der Waals surface area contributed by atoms with Gasteiger partial charge in [0.25, 0.3) is 10.0 Å². The van der Waals surface area contributed by atoms with E-state index in [1.807, 2.05) is 19.1 Å². The van der Waals surface area contributed by atoms with Crippen LogP contribution in [0.3, 0.4) is 0 Å². The van der Waals surface area contributed by atoms with Crippen LogP contribution in [0.4, 0.5) is 5.69 Å². The number of nitrogens with zero attached hydrogens (tertiary/aromatic N) is 2. The van der Waals surface area contributed by atoms with Crippen LogP contribution in [0.2, 0.25) is 0 Å². The summed E-state index contributed by atoms with van der Waals surface area (Å²) >= 11 is 0. The molecule has 2 rings (SSSR count). The lowest BCUT2D eigenvalue weighted by molar-refractivity contribution is 0.600. The van der Waals surface area contributed by atoms with E-state index in [0.29, 0.717) is 18.2 Å². The minimum Gasteiger partial charge on any atom is -0.280 e. The Hall–Kier alpha value is -1.82. The van der Waals surface area contributed by atoms with Crippen molar-refractivity contribution >= 4 is 15.7 Å². The average molecular weight is 293 g/mol. The SMILES string of the molecule is CCn1cc(S(=O)(=O)Nc2ccc(C(C)C)cc2)cn1. The first kappa shape index (κ1) is 14.6. The smallest absolute Gasteiger partial charge is 0.265 e. The van der Waals surface area contributed by atoms with Crippen LogP contribution in [0.5, 0.6) is 0 Å². The number of benzene rings is 1. The van der Waals surface area contributed by atoms with Gasteiger partial charge in [-0.3, -0.25) is 9.40 Å². The Morgan fingerprint density at radius 1 is 1.25 bits per heavy atom. The predicted octanol–water partition coefficient (Wildman–Crippen LogP) is 2.83. The molecule has 5 nitrogen and oxygen atoms in total. The van der Waals surface area contributed by atoms with Crippen molar-refractivity contribution in [3.05, 3.63) is 42.2 Å². The molecule has 1 aromatic heterocycles. The quantitative estimate of drug-likeness (QED) is 0.922. The molecule has 0 aliphatic heterocycles. The topological polar surface area (TPSA) is 64.0 Å². The van der Waals surface area contributed by atoms with Gasteiger partial charge in [-0.1, -0.05) is 26.0 Å². The van der Waals surface area contributed by atoms with Gasteiger partial charge >= 0.3 is 0 Å². The number of hydrogen-bond acceptors (Lipinski definition) is 3. The molecule has 0 amide bonds. The van der Waals surface area contributed by atoms with Crippen molar-refractivity contribution in [3.8, 4) is 0 Å². The van der Waals surface area contributed by atoms with Crippen LogP contribution in [0.15, 0.2) is 41.6 Å². The van der Waals surface area contributed by atoms with Gasteiger partial charge in [-0.25, -0.2) is 8.42 Å². The van der Waals surface area contributed by atoms with Crippen LogP contribution >= 0.6 is 0 Å². The lowest BCUT2D eigenvalue weighted by Crippen LogP contribution is -2.12. The molecule has 0 aliphatic rings. The zero-order valence-corrected chi connectivity index (χ0v) is 12.7. The van der Waals surface area contributed by atoms with Crippen molar-refractivity contribution < 1.29 is 8.42 Å². The van der Waals surface area contributed by atoms with Crippen molar-refractivity contribution in [2.45, 2.75) is 38.1 Å². The molecule has 108 valence electrons. The van der Waals surface area contributed by atoms with E-state index in [4.69, 9.17) is 0 Å². The molecule has 0 saturated carbocycles. The van der Waals surface area contributed by atoms with Gasteiger partial charge in [0.15, 0.2) is 0 Å². The minimum atomic E-state index is -3.57. The first-order valence-corrected chi connectivity index (χ1v) is 8.06. The van der Waals surface area contributed by atoms with Gasteiger partial charge < -0.3 is 0 Å². The molecule has 0 fully saturated rings. The highest BCUT2D eigenvalue weighted by Crippen LogP contribution is 2.19. The number of nitrogens with one attached hydrogen (secondary N) is 1. The number of aryl methyl sites for hydroxylation is 1. The Balaban J connectivity index is 2.19. The van der Waals surface area contributed by atoms with Crippen LogP contribution in [0, 0.1) is 0 Å². The molecule has 1 N–H and O–H groups in total. The monoisotopic (exact) mass is 293 g/mol. The summed E-state index contributed by atoms with van der Waals surface area (Å²) in [6, 6.07) is 7.41. The lowest BCUT2D eigenvalue weighted by atomic mass is 10.0. The Labute approximate surface area is 119 Å². The van der Waals surface area contributed by atoms with Crippen LogP contribution in [0.1, 0.15) is 32.3 Å². The van der Waals surface area contributed by atoms with E-state index in [0.717, 1.165) is 0 Å². The highest BCUT2D eigenvalue weighted by atomic mass is 32.2. The first-order chi connectivity index (χ1) is 9.42. The highest BCUT2D eigenvalue weighted by molar-refractivity contribution is 7.92. The maximum Gasteiger partial charge on any atom is 0.265 e. The summed E-state index contributed by atoms with van der Waals surface area (Å²) in [5.74, 6) is 0.420. The lowest BCUT2D eigenvalue weighted by Gasteiger charge is -2.09. The molecule has 0 spiro atoms. The van der Waals surface area contributed by atoms with Crippen molar-refractivity contribution in [2.24, 2.45) is 0 Å². The van der Waals surface area contributed by atoms with E-state index < -0.39 is 10.0 Å². The van der Waals surface area contributed by atoms with E-state index in [-0.39, 0.29) is 4.90 Å². The minimum absolute atomic E-state index is 0.173. The third-order valence-electron chi connectivity index (χ3n) is 3.07. The largest absolute Gasteiger partial charge is 0.280 e. The molecule has 2 aromatic rings. The number of hydrogen-bond donors (Lipinski definition) is 1. The third-order valence-corrected chi connectivity index (χ3v) is 4.41. The summed E-state index contributed by atoms with van der Waals surface area (Å²) < 4.78 is 28.5. The maximum absolute atomic E-state index is 12.2. The molecule has 0 bridgehead atoms. The van der Waals surface area contributed by atoms with Crippen LogP contribution in [0.25, 0.3) is 0 Å². The normalized spacial score (nSPS) is 11.8. The van der Waals surface area contributed by atoms with E-state index in [1.54, 1.807) is 16.8 Å². The Kier molecular flexibility index (Phi) is 4.13. The molecule has 20 heavy (non-hydrogen) atoms. The van der Waals surface area contributed by atoms with Gasteiger partial charge in [-0.05, 0) is 30.5 Å².